The Morgan fingerprint density at radius 1 is 1.35 bits per heavy atom. The van der Waals surface area contributed by atoms with E-state index in [0.29, 0.717) is 16.0 Å². The quantitative estimate of drug-likeness (QED) is 0.882. The first-order chi connectivity index (χ1) is 9.66. The Kier molecular flexibility index (Phi) is 4.29. The molecule has 1 heterocycles. The van der Waals surface area contributed by atoms with Gasteiger partial charge >= 0.3 is 0 Å². The van der Waals surface area contributed by atoms with Crippen LogP contribution in [0.4, 0.5) is 4.39 Å². The fraction of sp³-hybridized carbons (Fsp3) is 0.600. The number of piperazine rings is 1. The zero-order valence-corrected chi connectivity index (χ0v) is 13.0. The fourth-order valence-electron chi connectivity index (χ4n) is 2.99. The fourth-order valence-corrected chi connectivity index (χ4v) is 3.33. The molecule has 2 fully saturated rings. The summed E-state index contributed by atoms with van der Waals surface area (Å²) in [5.41, 5.74) is 0.466. The van der Waals surface area contributed by atoms with Gasteiger partial charge in [0, 0.05) is 37.8 Å². The molecule has 20 heavy (non-hydrogen) atoms. The third kappa shape index (κ3) is 3.00. The van der Waals surface area contributed by atoms with Gasteiger partial charge < -0.3 is 10.4 Å². The molecule has 0 spiro atoms. The standard InChI is InChI=1S/C15H20BrFN2O/c16-11-3-4-12(17)14(15(11)20)13(9-10-1-2-10)19-7-5-18-6-8-19/h3-4,10,13,18,20H,1-2,5-9H2/t13-/m0/s1. The van der Waals surface area contributed by atoms with E-state index in [1.165, 1.54) is 18.9 Å². The largest absolute Gasteiger partial charge is 0.506 e. The van der Waals surface area contributed by atoms with Gasteiger partial charge in [-0.1, -0.05) is 12.8 Å². The van der Waals surface area contributed by atoms with Crippen molar-refractivity contribution in [3.8, 4) is 5.75 Å². The third-order valence-corrected chi connectivity index (χ3v) is 4.93. The van der Waals surface area contributed by atoms with Crippen LogP contribution in [0.1, 0.15) is 30.9 Å². The van der Waals surface area contributed by atoms with Crippen molar-refractivity contribution in [2.45, 2.75) is 25.3 Å². The number of halogens is 2. The SMILES string of the molecule is Oc1c(Br)ccc(F)c1[C@H](CC1CC1)N1CCNCC1. The van der Waals surface area contributed by atoms with Gasteiger partial charge in [-0.05, 0) is 40.4 Å². The molecule has 0 radical (unpaired) electrons. The molecule has 0 unspecified atom stereocenters. The minimum absolute atomic E-state index is 0.0119. The minimum atomic E-state index is -0.296. The maximum absolute atomic E-state index is 14.3. The maximum Gasteiger partial charge on any atom is 0.137 e. The Hall–Kier alpha value is -0.650. The predicted octanol–water partition coefficient (Wildman–Crippen LogP) is 3.04. The predicted molar refractivity (Wildman–Crippen MR) is 80.3 cm³/mol. The lowest BCUT2D eigenvalue weighted by Crippen LogP contribution is -2.45. The molecular weight excluding hydrogens is 323 g/mol. The van der Waals surface area contributed by atoms with Gasteiger partial charge in [-0.25, -0.2) is 4.39 Å². The Morgan fingerprint density at radius 3 is 2.70 bits per heavy atom. The summed E-state index contributed by atoms with van der Waals surface area (Å²) in [6.45, 7) is 3.67. The lowest BCUT2D eigenvalue weighted by Gasteiger charge is -2.36. The van der Waals surface area contributed by atoms with E-state index in [2.05, 4.69) is 26.1 Å². The van der Waals surface area contributed by atoms with Crippen LogP contribution in [0.5, 0.6) is 5.75 Å². The van der Waals surface area contributed by atoms with E-state index < -0.39 is 0 Å². The molecule has 0 aromatic heterocycles. The van der Waals surface area contributed by atoms with Crippen LogP contribution in [-0.4, -0.2) is 36.2 Å². The van der Waals surface area contributed by atoms with Crippen molar-refractivity contribution in [1.29, 1.82) is 0 Å². The molecular formula is C15H20BrFN2O. The first kappa shape index (κ1) is 14.3. The molecule has 1 saturated heterocycles. The molecule has 1 aromatic rings. The van der Waals surface area contributed by atoms with E-state index >= 15 is 0 Å². The number of phenols is 1. The number of rotatable bonds is 4. The van der Waals surface area contributed by atoms with Gasteiger partial charge in [-0.2, -0.15) is 0 Å². The van der Waals surface area contributed by atoms with Crippen molar-refractivity contribution in [2.75, 3.05) is 26.2 Å². The van der Waals surface area contributed by atoms with Crippen LogP contribution >= 0.6 is 15.9 Å². The van der Waals surface area contributed by atoms with Gasteiger partial charge in [0.25, 0.3) is 0 Å². The van der Waals surface area contributed by atoms with Gasteiger partial charge in [0.1, 0.15) is 11.6 Å². The normalized spacial score (nSPS) is 21.9. The number of benzene rings is 1. The summed E-state index contributed by atoms with van der Waals surface area (Å²) in [4.78, 5) is 2.30. The van der Waals surface area contributed by atoms with E-state index in [-0.39, 0.29) is 17.6 Å². The summed E-state index contributed by atoms with van der Waals surface area (Å²) in [5.74, 6) is 0.455. The van der Waals surface area contributed by atoms with E-state index in [4.69, 9.17) is 0 Å². The first-order valence-corrected chi connectivity index (χ1v) is 8.07. The number of nitrogens with one attached hydrogen (secondary N) is 1. The number of nitrogens with zero attached hydrogens (tertiary/aromatic N) is 1. The van der Waals surface area contributed by atoms with Gasteiger partial charge in [-0.3, -0.25) is 4.90 Å². The lowest BCUT2D eigenvalue weighted by atomic mass is 9.97. The molecule has 1 atom stereocenters. The number of phenolic OH excluding ortho intramolecular Hbond substituents is 1. The second-order valence-corrected chi connectivity index (χ2v) is 6.63. The summed E-state index contributed by atoms with van der Waals surface area (Å²) >= 11 is 3.31. The number of hydrogen-bond acceptors (Lipinski definition) is 3. The Balaban J connectivity index is 1.93. The van der Waals surface area contributed by atoms with Crippen molar-refractivity contribution >= 4 is 15.9 Å². The van der Waals surface area contributed by atoms with E-state index in [1.807, 2.05) is 0 Å². The molecule has 1 aliphatic carbocycles. The summed E-state index contributed by atoms with van der Waals surface area (Å²) in [6.07, 6.45) is 3.42. The molecule has 5 heteroatoms. The van der Waals surface area contributed by atoms with E-state index in [1.54, 1.807) is 6.07 Å². The highest BCUT2D eigenvalue weighted by molar-refractivity contribution is 9.10. The van der Waals surface area contributed by atoms with Crippen LogP contribution in [0.15, 0.2) is 16.6 Å². The number of aromatic hydroxyl groups is 1. The lowest BCUT2D eigenvalue weighted by molar-refractivity contribution is 0.154. The molecule has 1 saturated carbocycles. The van der Waals surface area contributed by atoms with Crippen LogP contribution in [0.2, 0.25) is 0 Å². The molecule has 2 aliphatic rings. The average molecular weight is 343 g/mol. The summed E-state index contributed by atoms with van der Waals surface area (Å²) in [7, 11) is 0. The molecule has 110 valence electrons. The average Bonchev–Trinajstić information content (AvgIpc) is 3.27. The Labute approximate surface area is 127 Å². The van der Waals surface area contributed by atoms with Crippen LogP contribution in [-0.2, 0) is 0 Å². The molecule has 1 aromatic carbocycles. The minimum Gasteiger partial charge on any atom is -0.506 e. The van der Waals surface area contributed by atoms with Crippen LogP contribution < -0.4 is 5.32 Å². The summed E-state index contributed by atoms with van der Waals surface area (Å²) < 4.78 is 14.9. The first-order valence-electron chi connectivity index (χ1n) is 7.28. The second-order valence-electron chi connectivity index (χ2n) is 5.77. The smallest absolute Gasteiger partial charge is 0.137 e. The van der Waals surface area contributed by atoms with Crippen molar-refractivity contribution in [3.63, 3.8) is 0 Å². The van der Waals surface area contributed by atoms with Crippen molar-refractivity contribution in [2.24, 2.45) is 5.92 Å². The molecule has 1 aliphatic heterocycles. The molecule has 3 nitrogen and oxygen atoms in total. The zero-order valence-electron chi connectivity index (χ0n) is 11.4. The highest BCUT2D eigenvalue weighted by Gasteiger charge is 2.33. The van der Waals surface area contributed by atoms with E-state index in [9.17, 15) is 9.50 Å². The Morgan fingerprint density at radius 2 is 2.05 bits per heavy atom. The summed E-state index contributed by atoms with van der Waals surface area (Å²) in [5, 5.41) is 13.6. The van der Waals surface area contributed by atoms with Crippen molar-refractivity contribution in [1.82, 2.24) is 10.2 Å². The van der Waals surface area contributed by atoms with Crippen LogP contribution in [0, 0.1) is 11.7 Å². The van der Waals surface area contributed by atoms with Gasteiger partial charge in [0.2, 0.25) is 0 Å². The molecule has 3 rings (SSSR count). The Bertz CT molecular complexity index is 487. The summed E-state index contributed by atoms with van der Waals surface area (Å²) in [6, 6.07) is 3.00. The van der Waals surface area contributed by atoms with Crippen LogP contribution in [0.3, 0.4) is 0 Å². The van der Waals surface area contributed by atoms with Crippen molar-refractivity contribution in [3.05, 3.63) is 28.0 Å². The van der Waals surface area contributed by atoms with Crippen molar-refractivity contribution < 1.29 is 9.50 Å². The second kappa shape index (κ2) is 6.00. The molecule has 0 amide bonds. The molecule has 2 N–H and O–H groups in total. The van der Waals surface area contributed by atoms with Gasteiger partial charge in [-0.15, -0.1) is 0 Å². The highest BCUT2D eigenvalue weighted by Crippen LogP contribution is 2.44. The monoisotopic (exact) mass is 342 g/mol. The third-order valence-electron chi connectivity index (χ3n) is 4.29. The highest BCUT2D eigenvalue weighted by atomic mass is 79.9. The maximum atomic E-state index is 14.3. The van der Waals surface area contributed by atoms with Gasteiger partial charge in [0.15, 0.2) is 0 Å². The van der Waals surface area contributed by atoms with E-state index in [0.717, 1.165) is 32.6 Å². The number of hydrogen-bond donors (Lipinski definition) is 2. The topological polar surface area (TPSA) is 35.5 Å². The van der Waals surface area contributed by atoms with Crippen LogP contribution in [0.25, 0.3) is 0 Å². The zero-order chi connectivity index (χ0) is 14.1. The van der Waals surface area contributed by atoms with Gasteiger partial charge in [0.05, 0.1) is 4.47 Å². The molecule has 0 bridgehead atoms.